The van der Waals surface area contributed by atoms with Crippen LogP contribution < -0.4 is 5.32 Å². The third-order valence-electron chi connectivity index (χ3n) is 3.61. The maximum atomic E-state index is 12.0. The van der Waals surface area contributed by atoms with E-state index in [4.69, 9.17) is 5.26 Å². The fourth-order valence-electron chi connectivity index (χ4n) is 2.46. The van der Waals surface area contributed by atoms with Crippen LogP contribution >= 0.6 is 0 Å². The lowest BCUT2D eigenvalue weighted by Crippen LogP contribution is -2.42. The number of carbonyl (C=O) groups is 1. The van der Waals surface area contributed by atoms with Crippen molar-refractivity contribution in [2.24, 2.45) is 0 Å². The number of hydrogen-bond donors (Lipinski definition) is 1. The van der Waals surface area contributed by atoms with Gasteiger partial charge in [0.1, 0.15) is 6.07 Å². The number of nitrogens with one attached hydrogen (secondary N) is 1. The first-order valence-electron chi connectivity index (χ1n) is 6.73. The standard InChI is InChI=1S/C15H19N3O/c1-12-6-4-5-9-18(12)11-15(19)17-14-8-3-2-7-13(14)10-16/h2-3,7-8,12H,4-6,9,11H2,1H3,(H,17,19)/t12-/m0/s1. The molecule has 0 aromatic heterocycles. The normalized spacial score (nSPS) is 19.7. The van der Waals surface area contributed by atoms with Gasteiger partial charge in [0.25, 0.3) is 0 Å². The SMILES string of the molecule is C[C@H]1CCCCN1CC(=O)Nc1ccccc1C#N. The van der Waals surface area contributed by atoms with Gasteiger partial charge in [-0.1, -0.05) is 18.6 Å². The van der Waals surface area contributed by atoms with E-state index in [2.05, 4.69) is 23.2 Å². The quantitative estimate of drug-likeness (QED) is 0.904. The molecule has 2 rings (SSSR count). The van der Waals surface area contributed by atoms with Crippen LogP contribution in [0.4, 0.5) is 5.69 Å². The van der Waals surface area contributed by atoms with E-state index in [0.717, 1.165) is 19.4 Å². The first-order valence-corrected chi connectivity index (χ1v) is 6.73. The Labute approximate surface area is 114 Å². The number of benzene rings is 1. The van der Waals surface area contributed by atoms with E-state index >= 15 is 0 Å². The monoisotopic (exact) mass is 257 g/mol. The summed E-state index contributed by atoms with van der Waals surface area (Å²) in [5, 5.41) is 11.8. The highest BCUT2D eigenvalue weighted by atomic mass is 16.2. The van der Waals surface area contributed by atoms with Crippen LogP contribution in [-0.2, 0) is 4.79 Å². The van der Waals surface area contributed by atoms with Crippen molar-refractivity contribution in [1.29, 1.82) is 5.26 Å². The van der Waals surface area contributed by atoms with Gasteiger partial charge >= 0.3 is 0 Å². The van der Waals surface area contributed by atoms with Crippen molar-refractivity contribution in [3.63, 3.8) is 0 Å². The van der Waals surface area contributed by atoms with Crippen molar-refractivity contribution in [3.05, 3.63) is 29.8 Å². The summed E-state index contributed by atoms with van der Waals surface area (Å²) in [4.78, 5) is 14.2. The van der Waals surface area contributed by atoms with Crippen molar-refractivity contribution in [3.8, 4) is 6.07 Å². The van der Waals surface area contributed by atoms with Crippen molar-refractivity contribution in [1.82, 2.24) is 4.90 Å². The van der Waals surface area contributed by atoms with Crippen LogP contribution in [0.2, 0.25) is 0 Å². The molecule has 1 fully saturated rings. The first-order chi connectivity index (χ1) is 9.20. The number of para-hydroxylation sites is 1. The Hall–Kier alpha value is -1.86. The summed E-state index contributed by atoms with van der Waals surface area (Å²) in [5.41, 5.74) is 1.10. The number of rotatable bonds is 3. The molecule has 1 aromatic carbocycles. The molecule has 1 atom stereocenters. The number of nitrogens with zero attached hydrogens (tertiary/aromatic N) is 2. The Kier molecular flexibility index (Phi) is 4.53. The van der Waals surface area contributed by atoms with Gasteiger partial charge in [0.05, 0.1) is 17.8 Å². The van der Waals surface area contributed by atoms with Crippen LogP contribution in [0.15, 0.2) is 24.3 Å². The Balaban J connectivity index is 1.96. The maximum Gasteiger partial charge on any atom is 0.238 e. The smallest absolute Gasteiger partial charge is 0.238 e. The fraction of sp³-hybridized carbons (Fsp3) is 0.467. The second-order valence-electron chi connectivity index (χ2n) is 5.02. The van der Waals surface area contributed by atoms with E-state index in [9.17, 15) is 4.79 Å². The maximum absolute atomic E-state index is 12.0. The fourth-order valence-corrected chi connectivity index (χ4v) is 2.46. The molecule has 0 radical (unpaired) electrons. The van der Waals surface area contributed by atoms with Crippen LogP contribution in [0.3, 0.4) is 0 Å². The molecule has 0 saturated carbocycles. The summed E-state index contributed by atoms with van der Waals surface area (Å²) in [6.45, 7) is 3.55. The molecule has 0 aliphatic carbocycles. The van der Waals surface area contributed by atoms with E-state index in [1.807, 2.05) is 6.07 Å². The van der Waals surface area contributed by atoms with Crippen LogP contribution in [-0.4, -0.2) is 29.9 Å². The van der Waals surface area contributed by atoms with Crippen LogP contribution in [0.25, 0.3) is 0 Å². The summed E-state index contributed by atoms with van der Waals surface area (Å²) < 4.78 is 0. The van der Waals surface area contributed by atoms with E-state index in [0.29, 0.717) is 23.8 Å². The molecular formula is C15H19N3O. The molecule has 19 heavy (non-hydrogen) atoms. The number of nitriles is 1. The third kappa shape index (κ3) is 3.55. The number of carbonyl (C=O) groups excluding carboxylic acids is 1. The molecular weight excluding hydrogens is 238 g/mol. The number of piperidine rings is 1. The van der Waals surface area contributed by atoms with Crippen molar-refractivity contribution >= 4 is 11.6 Å². The Morgan fingerprint density at radius 2 is 2.26 bits per heavy atom. The molecule has 0 unspecified atom stereocenters. The summed E-state index contributed by atoms with van der Waals surface area (Å²) in [7, 11) is 0. The zero-order valence-electron chi connectivity index (χ0n) is 11.2. The van der Waals surface area contributed by atoms with Gasteiger partial charge in [-0.3, -0.25) is 9.69 Å². The Morgan fingerprint density at radius 3 is 3.00 bits per heavy atom. The molecule has 1 aliphatic rings. The van der Waals surface area contributed by atoms with E-state index in [-0.39, 0.29) is 5.91 Å². The molecule has 1 aliphatic heterocycles. The van der Waals surface area contributed by atoms with Gasteiger partial charge in [-0.25, -0.2) is 0 Å². The minimum absolute atomic E-state index is 0.0450. The van der Waals surface area contributed by atoms with E-state index in [1.165, 1.54) is 6.42 Å². The predicted octanol–water partition coefficient (Wildman–Crippen LogP) is 2.37. The number of likely N-dealkylation sites (tertiary alicyclic amines) is 1. The highest BCUT2D eigenvalue weighted by Gasteiger charge is 2.20. The van der Waals surface area contributed by atoms with Gasteiger partial charge in [-0.15, -0.1) is 0 Å². The number of amides is 1. The molecule has 1 N–H and O–H groups in total. The lowest BCUT2D eigenvalue weighted by atomic mass is 10.0. The molecule has 4 heteroatoms. The lowest BCUT2D eigenvalue weighted by molar-refractivity contribution is -0.118. The van der Waals surface area contributed by atoms with Crippen molar-refractivity contribution in [2.75, 3.05) is 18.4 Å². The topological polar surface area (TPSA) is 56.1 Å². The largest absolute Gasteiger partial charge is 0.324 e. The Bertz CT molecular complexity index is 492. The van der Waals surface area contributed by atoms with Crippen LogP contribution in [0.5, 0.6) is 0 Å². The molecule has 100 valence electrons. The lowest BCUT2D eigenvalue weighted by Gasteiger charge is -2.32. The van der Waals surface area contributed by atoms with Crippen molar-refractivity contribution < 1.29 is 4.79 Å². The van der Waals surface area contributed by atoms with E-state index in [1.54, 1.807) is 18.2 Å². The van der Waals surface area contributed by atoms with Gasteiger partial charge in [0.2, 0.25) is 5.91 Å². The third-order valence-corrected chi connectivity index (χ3v) is 3.61. The second kappa shape index (κ2) is 6.35. The predicted molar refractivity (Wildman–Crippen MR) is 74.7 cm³/mol. The average Bonchev–Trinajstić information content (AvgIpc) is 2.42. The average molecular weight is 257 g/mol. The summed E-state index contributed by atoms with van der Waals surface area (Å²) in [6.07, 6.45) is 3.56. The number of anilines is 1. The van der Waals surface area contributed by atoms with Crippen molar-refractivity contribution in [2.45, 2.75) is 32.2 Å². The zero-order chi connectivity index (χ0) is 13.7. The van der Waals surface area contributed by atoms with E-state index < -0.39 is 0 Å². The minimum Gasteiger partial charge on any atom is -0.324 e. The Morgan fingerprint density at radius 1 is 1.47 bits per heavy atom. The zero-order valence-corrected chi connectivity index (χ0v) is 11.2. The minimum atomic E-state index is -0.0450. The van der Waals surface area contributed by atoms with Gasteiger partial charge in [0, 0.05) is 6.04 Å². The van der Waals surface area contributed by atoms with Gasteiger partial charge < -0.3 is 5.32 Å². The van der Waals surface area contributed by atoms with Crippen LogP contribution in [0.1, 0.15) is 31.7 Å². The summed E-state index contributed by atoms with van der Waals surface area (Å²) in [6, 6.07) is 9.63. The van der Waals surface area contributed by atoms with Gasteiger partial charge in [0.15, 0.2) is 0 Å². The molecule has 1 saturated heterocycles. The highest BCUT2D eigenvalue weighted by Crippen LogP contribution is 2.17. The van der Waals surface area contributed by atoms with Crippen LogP contribution in [0, 0.1) is 11.3 Å². The molecule has 0 bridgehead atoms. The molecule has 1 heterocycles. The highest BCUT2D eigenvalue weighted by molar-refractivity contribution is 5.93. The summed E-state index contributed by atoms with van der Waals surface area (Å²) in [5.74, 6) is -0.0450. The van der Waals surface area contributed by atoms with Gasteiger partial charge in [-0.05, 0) is 38.4 Å². The first kappa shape index (κ1) is 13.6. The molecule has 0 spiro atoms. The molecule has 1 aromatic rings. The summed E-state index contributed by atoms with van der Waals surface area (Å²) >= 11 is 0. The van der Waals surface area contributed by atoms with Gasteiger partial charge in [-0.2, -0.15) is 5.26 Å². The molecule has 1 amide bonds. The second-order valence-corrected chi connectivity index (χ2v) is 5.02. The molecule has 4 nitrogen and oxygen atoms in total. The number of hydrogen-bond acceptors (Lipinski definition) is 3.